The van der Waals surface area contributed by atoms with Gasteiger partial charge in [0.1, 0.15) is 0 Å². The molecule has 0 aromatic rings. The maximum Gasteiger partial charge on any atom is 0.0633 e. The minimum Gasteiger partial charge on any atom is -0.381 e. The van der Waals surface area contributed by atoms with Crippen LogP contribution in [0, 0.1) is 0 Å². The van der Waals surface area contributed by atoms with E-state index in [1.54, 1.807) is 7.11 Å². The molecule has 0 aromatic carbocycles. The zero-order valence-electron chi connectivity index (χ0n) is 17.5. The molecule has 152 valence electrons. The molecule has 2 unspecified atom stereocenters. The van der Waals surface area contributed by atoms with Crippen LogP contribution in [0.15, 0.2) is 0 Å². The highest BCUT2D eigenvalue weighted by molar-refractivity contribution is 7.99. The molecule has 3 nitrogen and oxygen atoms in total. The van der Waals surface area contributed by atoms with Crippen LogP contribution in [0.5, 0.6) is 0 Å². The highest BCUT2D eigenvalue weighted by Gasteiger charge is 2.09. The summed E-state index contributed by atoms with van der Waals surface area (Å²) in [6.07, 6.45) is 7.25. The first-order valence-electron chi connectivity index (χ1n) is 10.3. The molecule has 1 saturated heterocycles. The first kappa shape index (κ1) is 25.6. The predicted octanol–water partition coefficient (Wildman–Crippen LogP) is 4.67. The fourth-order valence-electron chi connectivity index (χ4n) is 2.84. The van der Waals surface area contributed by atoms with Gasteiger partial charge in [0.05, 0.1) is 6.10 Å². The molecule has 2 atom stereocenters. The van der Waals surface area contributed by atoms with E-state index in [1.807, 2.05) is 11.8 Å². The molecule has 1 heterocycles. The van der Waals surface area contributed by atoms with Gasteiger partial charge < -0.3 is 14.5 Å². The number of nitrogens with zero attached hydrogens (tertiary/aromatic N) is 2. The molecule has 0 aromatic heterocycles. The summed E-state index contributed by atoms with van der Waals surface area (Å²) < 4.78 is 5.18. The average molecular weight is 393 g/mol. The number of hydrogen-bond donors (Lipinski definition) is 1. The first-order valence-corrected chi connectivity index (χ1v) is 11.9. The fraction of sp³-hybridized carbons (Fsp3) is 1.00. The Kier molecular flexibility index (Phi) is 18.4. The first-order chi connectivity index (χ1) is 12.0. The Balaban J connectivity index is 0.000000462. The van der Waals surface area contributed by atoms with Crippen LogP contribution in [0.2, 0.25) is 0 Å². The van der Waals surface area contributed by atoms with E-state index in [1.165, 1.54) is 64.0 Å². The van der Waals surface area contributed by atoms with Gasteiger partial charge in [-0.25, -0.2) is 0 Å². The summed E-state index contributed by atoms with van der Waals surface area (Å²) in [6.45, 7) is 16.2. The zero-order valence-corrected chi connectivity index (χ0v) is 19.2. The Bertz CT molecular complexity index is 270. The summed E-state index contributed by atoms with van der Waals surface area (Å²) >= 11 is 6.36. The number of methoxy groups -OCH3 is 1. The highest BCUT2D eigenvalue weighted by Crippen LogP contribution is 2.11. The lowest BCUT2D eigenvalue weighted by atomic mass is 10.1. The molecule has 5 heteroatoms. The summed E-state index contributed by atoms with van der Waals surface area (Å²) in [5.41, 5.74) is 0. The standard InChI is InChI=1S/C10H23NOS.C10H21NS/c1-5-11(6-2)7-8-13-9-10(3)12-4;1-10(12)6-5-9-11-7-3-2-4-8-11/h10H,5-9H2,1-4H3;10,12H,2-9H2,1H3. The summed E-state index contributed by atoms with van der Waals surface area (Å²) in [5.74, 6) is 2.33. The minimum atomic E-state index is 0.390. The summed E-state index contributed by atoms with van der Waals surface area (Å²) in [6, 6.07) is 0. The Hall–Kier alpha value is 0.580. The molecule has 0 aliphatic carbocycles. The third kappa shape index (κ3) is 16.5. The highest BCUT2D eigenvalue weighted by atomic mass is 32.2. The molecule has 1 fully saturated rings. The van der Waals surface area contributed by atoms with Crippen LogP contribution in [0.4, 0.5) is 0 Å². The van der Waals surface area contributed by atoms with Crippen LogP contribution < -0.4 is 0 Å². The van der Waals surface area contributed by atoms with Crippen LogP contribution in [-0.2, 0) is 4.74 Å². The smallest absolute Gasteiger partial charge is 0.0633 e. The summed E-state index contributed by atoms with van der Waals surface area (Å²) in [5, 5.41) is 0.579. The summed E-state index contributed by atoms with van der Waals surface area (Å²) in [4.78, 5) is 5.05. The van der Waals surface area contributed by atoms with Gasteiger partial charge in [-0.2, -0.15) is 24.4 Å². The SMILES string of the molecule is CC(S)CCCN1CCCCC1.CCN(CC)CCSCC(C)OC. The summed E-state index contributed by atoms with van der Waals surface area (Å²) in [7, 11) is 1.77. The Morgan fingerprint density at radius 3 is 2.28 bits per heavy atom. The van der Waals surface area contributed by atoms with E-state index in [9.17, 15) is 0 Å². The van der Waals surface area contributed by atoms with Gasteiger partial charge in [-0.15, -0.1) is 0 Å². The maximum atomic E-state index is 5.18. The lowest BCUT2D eigenvalue weighted by molar-refractivity contribution is 0.138. The van der Waals surface area contributed by atoms with E-state index in [-0.39, 0.29) is 0 Å². The topological polar surface area (TPSA) is 15.7 Å². The van der Waals surface area contributed by atoms with Crippen molar-refractivity contribution in [3.05, 3.63) is 0 Å². The van der Waals surface area contributed by atoms with Crippen LogP contribution in [0.1, 0.15) is 59.8 Å². The van der Waals surface area contributed by atoms with Crippen molar-refractivity contribution in [2.45, 2.75) is 71.2 Å². The molecule has 0 bridgehead atoms. The van der Waals surface area contributed by atoms with E-state index in [2.05, 4.69) is 50.1 Å². The van der Waals surface area contributed by atoms with E-state index in [0.717, 1.165) is 18.8 Å². The molecule has 0 spiro atoms. The van der Waals surface area contributed by atoms with Crippen molar-refractivity contribution in [2.75, 3.05) is 57.9 Å². The lowest BCUT2D eigenvalue weighted by Gasteiger charge is -2.26. The number of hydrogen-bond acceptors (Lipinski definition) is 5. The number of ether oxygens (including phenoxy) is 1. The largest absolute Gasteiger partial charge is 0.381 e. The van der Waals surface area contributed by atoms with Crippen molar-refractivity contribution in [1.82, 2.24) is 9.80 Å². The Morgan fingerprint density at radius 2 is 1.76 bits per heavy atom. The molecule has 0 N–H and O–H groups in total. The average Bonchev–Trinajstić information content (AvgIpc) is 2.63. The van der Waals surface area contributed by atoms with Crippen LogP contribution in [-0.4, -0.2) is 79.0 Å². The monoisotopic (exact) mass is 392 g/mol. The van der Waals surface area contributed by atoms with Gasteiger partial charge in [-0.1, -0.05) is 27.2 Å². The number of piperidine rings is 1. The van der Waals surface area contributed by atoms with Gasteiger partial charge in [-0.3, -0.25) is 0 Å². The quantitative estimate of drug-likeness (QED) is 0.383. The molecular weight excluding hydrogens is 348 g/mol. The van der Waals surface area contributed by atoms with E-state index in [0.29, 0.717) is 11.4 Å². The third-order valence-corrected chi connectivity index (χ3v) is 6.18. The van der Waals surface area contributed by atoms with Crippen molar-refractivity contribution >= 4 is 24.4 Å². The van der Waals surface area contributed by atoms with E-state index in [4.69, 9.17) is 4.74 Å². The van der Waals surface area contributed by atoms with Crippen LogP contribution in [0.25, 0.3) is 0 Å². The van der Waals surface area contributed by atoms with Crippen molar-refractivity contribution < 1.29 is 4.74 Å². The second-order valence-corrected chi connectivity index (χ2v) is 9.07. The van der Waals surface area contributed by atoms with Crippen LogP contribution in [0.3, 0.4) is 0 Å². The molecule has 0 saturated carbocycles. The minimum absolute atomic E-state index is 0.390. The number of likely N-dealkylation sites (tertiary alicyclic amines) is 1. The molecule has 1 aliphatic rings. The normalized spacial score (nSPS) is 17.9. The number of thioether (sulfide) groups is 1. The predicted molar refractivity (Wildman–Crippen MR) is 120 cm³/mol. The van der Waals surface area contributed by atoms with Gasteiger partial charge in [0, 0.05) is 25.2 Å². The Labute approximate surface area is 168 Å². The number of thiol groups is 1. The van der Waals surface area contributed by atoms with Crippen molar-refractivity contribution in [1.29, 1.82) is 0 Å². The molecule has 25 heavy (non-hydrogen) atoms. The van der Waals surface area contributed by atoms with Gasteiger partial charge in [0.2, 0.25) is 0 Å². The van der Waals surface area contributed by atoms with E-state index >= 15 is 0 Å². The molecule has 0 amide bonds. The van der Waals surface area contributed by atoms with Crippen molar-refractivity contribution in [2.24, 2.45) is 0 Å². The van der Waals surface area contributed by atoms with Gasteiger partial charge in [0.15, 0.2) is 0 Å². The zero-order chi connectivity index (χ0) is 18.9. The molecule has 1 rings (SSSR count). The van der Waals surface area contributed by atoms with Crippen LogP contribution >= 0.6 is 24.4 Å². The van der Waals surface area contributed by atoms with Gasteiger partial charge in [-0.05, 0) is 70.6 Å². The van der Waals surface area contributed by atoms with Crippen molar-refractivity contribution in [3.63, 3.8) is 0 Å². The van der Waals surface area contributed by atoms with Gasteiger partial charge >= 0.3 is 0 Å². The van der Waals surface area contributed by atoms with Gasteiger partial charge in [0.25, 0.3) is 0 Å². The molecular formula is C20H44N2OS2. The Morgan fingerprint density at radius 1 is 1.12 bits per heavy atom. The second kappa shape index (κ2) is 18.0. The van der Waals surface area contributed by atoms with E-state index < -0.39 is 0 Å². The lowest BCUT2D eigenvalue weighted by Crippen LogP contribution is -2.30. The molecule has 0 radical (unpaired) electrons. The fourth-order valence-corrected chi connectivity index (χ4v) is 4.05. The second-order valence-electron chi connectivity index (χ2n) is 7.04. The maximum absolute atomic E-state index is 5.18. The van der Waals surface area contributed by atoms with Crippen molar-refractivity contribution in [3.8, 4) is 0 Å². The number of rotatable bonds is 12. The molecule has 1 aliphatic heterocycles. The third-order valence-electron chi connectivity index (χ3n) is 4.75.